The number of likely N-dealkylation sites (tertiary alicyclic amines) is 1. The van der Waals surface area contributed by atoms with E-state index in [2.05, 4.69) is 22.9 Å². The summed E-state index contributed by atoms with van der Waals surface area (Å²) in [5.41, 5.74) is 6.28. The molecular formula is C14H19BrN2O2. The SMILES string of the molecule is CC1CCCC(CN)N1C(=O)c1ccc(Br)c(O)c1. The first kappa shape index (κ1) is 14.3. The second kappa shape index (κ2) is 5.92. The molecule has 1 saturated heterocycles. The van der Waals surface area contributed by atoms with E-state index in [9.17, 15) is 9.90 Å². The molecule has 0 saturated carbocycles. The lowest BCUT2D eigenvalue weighted by Crippen LogP contribution is -2.51. The Morgan fingerprint density at radius 3 is 2.89 bits per heavy atom. The molecule has 2 rings (SSSR count). The number of hydrogen-bond donors (Lipinski definition) is 2. The number of phenolic OH excluding ortho intramolecular Hbond substituents is 1. The van der Waals surface area contributed by atoms with Crippen LogP contribution in [-0.4, -0.2) is 34.5 Å². The highest BCUT2D eigenvalue weighted by Crippen LogP contribution is 2.28. The monoisotopic (exact) mass is 326 g/mol. The Kier molecular flexibility index (Phi) is 4.47. The van der Waals surface area contributed by atoms with Gasteiger partial charge in [0.15, 0.2) is 0 Å². The Hall–Kier alpha value is -1.07. The average molecular weight is 327 g/mol. The van der Waals surface area contributed by atoms with Gasteiger partial charge in [0.25, 0.3) is 5.91 Å². The summed E-state index contributed by atoms with van der Waals surface area (Å²) in [7, 11) is 0. The van der Waals surface area contributed by atoms with Crippen LogP contribution in [0.15, 0.2) is 22.7 Å². The van der Waals surface area contributed by atoms with Crippen LogP contribution in [0.2, 0.25) is 0 Å². The predicted molar refractivity (Wildman–Crippen MR) is 78.1 cm³/mol. The number of phenols is 1. The van der Waals surface area contributed by atoms with Crippen molar-refractivity contribution in [3.63, 3.8) is 0 Å². The van der Waals surface area contributed by atoms with Gasteiger partial charge in [-0.1, -0.05) is 0 Å². The maximum Gasteiger partial charge on any atom is 0.254 e. The first-order valence-corrected chi connectivity index (χ1v) is 7.35. The largest absolute Gasteiger partial charge is 0.507 e. The quantitative estimate of drug-likeness (QED) is 0.877. The number of nitrogens with zero attached hydrogens (tertiary/aromatic N) is 1. The molecule has 1 aromatic carbocycles. The number of carbonyl (C=O) groups is 1. The number of aromatic hydroxyl groups is 1. The van der Waals surface area contributed by atoms with Crippen LogP contribution in [0, 0.1) is 0 Å². The van der Waals surface area contributed by atoms with E-state index in [0.717, 1.165) is 19.3 Å². The van der Waals surface area contributed by atoms with E-state index in [1.807, 2.05) is 4.90 Å². The third-order valence-corrected chi connectivity index (χ3v) is 4.40. The lowest BCUT2D eigenvalue weighted by molar-refractivity contribution is 0.0493. The molecule has 4 nitrogen and oxygen atoms in total. The van der Waals surface area contributed by atoms with Gasteiger partial charge in [-0.15, -0.1) is 0 Å². The number of hydrogen-bond acceptors (Lipinski definition) is 3. The molecule has 0 bridgehead atoms. The summed E-state index contributed by atoms with van der Waals surface area (Å²) in [6.07, 6.45) is 3.07. The number of nitrogens with two attached hydrogens (primary N) is 1. The van der Waals surface area contributed by atoms with Crippen LogP contribution in [0.5, 0.6) is 5.75 Å². The Balaban J connectivity index is 2.27. The molecule has 3 N–H and O–H groups in total. The van der Waals surface area contributed by atoms with E-state index in [0.29, 0.717) is 16.6 Å². The molecule has 0 radical (unpaired) electrons. The highest BCUT2D eigenvalue weighted by molar-refractivity contribution is 9.10. The number of benzene rings is 1. The Labute approximate surface area is 121 Å². The summed E-state index contributed by atoms with van der Waals surface area (Å²) in [6.45, 7) is 2.54. The van der Waals surface area contributed by atoms with E-state index < -0.39 is 0 Å². The Bertz CT molecular complexity index is 479. The number of rotatable bonds is 2. The number of carbonyl (C=O) groups excluding carboxylic acids is 1. The molecule has 1 amide bonds. The molecule has 2 atom stereocenters. The second-order valence-corrected chi connectivity index (χ2v) is 5.90. The van der Waals surface area contributed by atoms with Crippen molar-refractivity contribution in [3.8, 4) is 5.75 Å². The van der Waals surface area contributed by atoms with Crippen molar-refractivity contribution >= 4 is 21.8 Å². The zero-order valence-corrected chi connectivity index (χ0v) is 12.6. The highest BCUT2D eigenvalue weighted by Gasteiger charge is 2.31. The Morgan fingerprint density at radius 1 is 1.53 bits per heavy atom. The summed E-state index contributed by atoms with van der Waals surface area (Å²) in [6, 6.07) is 5.21. The number of amides is 1. The van der Waals surface area contributed by atoms with Crippen molar-refractivity contribution in [2.24, 2.45) is 5.73 Å². The topological polar surface area (TPSA) is 66.6 Å². The van der Waals surface area contributed by atoms with Gasteiger partial charge in [0.1, 0.15) is 5.75 Å². The van der Waals surface area contributed by atoms with Crippen LogP contribution in [0.25, 0.3) is 0 Å². The molecule has 19 heavy (non-hydrogen) atoms. The van der Waals surface area contributed by atoms with Crippen LogP contribution in [-0.2, 0) is 0 Å². The number of piperidine rings is 1. The smallest absolute Gasteiger partial charge is 0.254 e. The van der Waals surface area contributed by atoms with Gasteiger partial charge in [0, 0.05) is 24.2 Å². The van der Waals surface area contributed by atoms with E-state index in [-0.39, 0.29) is 23.7 Å². The van der Waals surface area contributed by atoms with Gasteiger partial charge in [-0.25, -0.2) is 0 Å². The summed E-state index contributed by atoms with van der Waals surface area (Å²) >= 11 is 3.22. The van der Waals surface area contributed by atoms with Crippen LogP contribution >= 0.6 is 15.9 Å². The maximum absolute atomic E-state index is 12.6. The van der Waals surface area contributed by atoms with Gasteiger partial charge in [0.05, 0.1) is 4.47 Å². The van der Waals surface area contributed by atoms with Crippen LogP contribution in [0.1, 0.15) is 36.5 Å². The molecule has 2 unspecified atom stereocenters. The van der Waals surface area contributed by atoms with Gasteiger partial charge >= 0.3 is 0 Å². The standard InChI is InChI=1S/C14H19BrN2O2/c1-9-3-2-4-11(8-16)17(9)14(19)10-5-6-12(15)13(18)7-10/h5-7,9,11,18H,2-4,8,16H2,1H3. The third kappa shape index (κ3) is 2.92. The van der Waals surface area contributed by atoms with Gasteiger partial charge < -0.3 is 15.7 Å². The van der Waals surface area contributed by atoms with E-state index in [4.69, 9.17) is 5.73 Å². The average Bonchev–Trinajstić information content (AvgIpc) is 2.40. The molecular weight excluding hydrogens is 308 g/mol. The van der Waals surface area contributed by atoms with Gasteiger partial charge in [-0.05, 0) is 60.3 Å². The van der Waals surface area contributed by atoms with Crippen molar-refractivity contribution in [1.29, 1.82) is 0 Å². The summed E-state index contributed by atoms with van der Waals surface area (Å²) in [4.78, 5) is 14.5. The molecule has 104 valence electrons. The van der Waals surface area contributed by atoms with Crippen LogP contribution < -0.4 is 5.73 Å². The fourth-order valence-corrected chi connectivity index (χ4v) is 2.93. The highest BCUT2D eigenvalue weighted by atomic mass is 79.9. The lowest BCUT2D eigenvalue weighted by atomic mass is 9.95. The van der Waals surface area contributed by atoms with Crippen molar-refractivity contribution in [1.82, 2.24) is 4.90 Å². The third-order valence-electron chi connectivity index (χ3n) is 3.73. The number of halogens is 1. The maximum atomic E-state index is 12.6. The first-order chi connectivity index (χ1) is 9.04. The fourth-order valence-electron chi connectivity index (χ4n) is 2.68. The summed E-state index contributed by atoms with van der Waals surface area (Å²) in [5, 5.41) is 9.69. The minimum atomic E-state index is -0.0505. The van der Waals surface area contributed by atoms with Crippen LogP contribution in [0.4, 0.5) is 0 Å². The molecule has 1 aromatic rings. The van der Waals surface area contributed by atoms with Gasteiger partial charge in [0.2, 0.25) is 0 Å². The molecule has 0 aliphatic carbocycles. The van der Waals surface area contributed by atoms with Crippen molar-refractivity contribution < 1.29 is 9.90 Å². The zero-order chi connectivity index (χ0) is 14.0. The molecule has 1 aliphatic heterocycles. The molecule has 1 aliphatic rings. The van der Waals surface area contributed by atoms with E-state index in [1.54, 1.807) is 12.1 Å². The lowest BCUT2D eigenvalue weighted by Gasteiger charge is -2.40. The first-order valence-electron chi connectivity index (χ1n) is 6.56. The molecule has 0 aromatic heterocycles. The van der Waals surface area contributed by atoms with Crippen molar-refractivity contribution in [2.75, 3.05) is 6.54 Å². The molecule has 0 spiro atoms. The van der Waals surface area contributed by atoms with E-state index >= 15 is 0 Å². The molecule has 1 fully saturated rings. The molecule has 1 heterocycles. The van der Waals surface area contributed by atoms with Crippen LogP contribution in [0.3, 0.4) is 0 Å². The second-order valence-electron chi connectivity index (χ2n) is 5.05. The zero-order valence-electron chi connectivity index (χ0n) is 11.0. The minimum Gasteiger partial charge on any atom is -0.507 e. The fraction of sp³-hybridized carbons (Fsp3) is 0.500. The summed E-state index contributed by atoms with van der Waals surface area (Å²) < 4.78 is 0.589. The van der Waals surface area contributed by atoms with Crippen molar-refractivity contribution in [3.05, 3.63) is 28.2 Å². The molecule has 5 heteroatoms. The normalized spacial score (nSPS) is 23.4. The van der Waals surface area contributed by atoms with Crippen molar-refractivity contribution in [2.45, 2.75) is 38.3 Å². The summed E-state index contributed by atoms with van der Waals surface area (Å²) in [5.74, 6) is 0.0326. The van der Waals surface area contributed by atoms with Gasteiger partial charge in [-0.3, -0.25) is 4.79 Å². The minimum absolute atomic E-state index is 0.0505. The Morgan fingerprint density at radius 2 is 2.26 bits per heavy atom. The predicted octanol–water partition coefficient (Wildman–Crippen LogP) is 2.50. The van der Waals surface area contributed by atoms with E-state index in [1.165, 1.54) is 6.07 Å². The van der Waals surface area contributed by atoms with Gasteiger partial charge in [-0.2, -0.15) is 0 Å².